The van der Waals surface area contributed by atoms with Crippen molar-refractivity contribution in [3.05, 3.63) is 24.3 Å². The van der Waals surface area contributed by atoms with Gasteiger partial charge in [-0.3, -0.25) is 9.59 Å². The minimum Gasteiger partial charge on any atom is -0.492 e. The van der Waals surface area contributed by atoms with Gasteiger partial charge in [-0.2, -0.15) is 0 Å². The number of hydrogen-bond donors (Lipinski definition) is 2. The number of nitrogens with one attached hydrogen (secondary N) is 2. The summed E-state index contributed by atoms with van der Waals surface area (Å²) in [7, 11) is 0. The van der Waals surface area contributed by atoms with Crippen LogP contribution in [0, 0.1) is 11.8 Å². The Morgan fingerprint density at radius 2 is 1.83 bits per heavy atom. The summed E-state index contributed by atoms with van der Waals surface area (Å²) < 4.78 is 5.51. The standard InChI is InChI=1S/C18H24N2O3/c1-2-23-16-10-6-5-9-15(16)20-18(22)14-11-13(14)17(21)19-12-7-3-4-8-12/h5-6,9-10,12-14H,2-4,7-8,11H2,1H3,(H,19,21)(H,20,22). The fraction of sp³-hybridized carbons (Fsp3) is 0.556. The molecule has 2 unspecified atom stereocenters. The maximum absolute atomic E-state index is 12.3. The average molecular weight is 316 g/mol. The van der Waals surface area contributed by atoms with Gasteiger partial charge in [-0.15, -0.1) is 0 Å². The molecule has 0 aromatic heterocycles. The van der Waals surface area contributed by atoms with Crippen molar-refractivity contribution < 1.29 is 14.3 Å². The van der Waals surface area contributed by atoms with Crippen LogP contribution in [-0.4, -0.2) is 24.5 Å². The highest BCUT2D eigenvalue weighted by atomic mass is 16.5. The molecule has 0 heterocycles. The van der Waals surface area contributed by atoms with E-state index in [1.807, 2.05) is 31.2 Å². The third kappa shape index (κ3) is 3.84. The lowest BCUT2D eigenvalue weighted by Crippen LogP contribution is -2.34. The molecule has 1 aromatic carbocycles. The van der Waals surface area contributed by atoms with Crippen molar-refractivity contribution in [2.24, 2.45) is 11.8 Å². The molecule has 2 atom stereocenters. The van der Waals surface area contributed by atoms with E-state index in [9.17, 15) is 9.59 Å². The minimum atomic E-state index is -0.217. The molecule has 23 heavy (non-hydrogen) atoms. The highest BCUT2D eigenvalue weighted by Gasteiger charge is 2.48. The lowest BCUT2D eigenvalue weighted by molar-refractivity contribution is -0.125. The SMILES string of the molecule is CCOc1ccccc1NC(=O)C1CC1C(=O)NC1CCCC1. The molecule has 5 heteroatoms. The zero-order valence-electron chi connectivity index (χ0n) is 13.5. The van der Waals surface area contributed by atoms with Crippen molar-refractivity contribution in [2.75, 3.05) is 11.9 Å². The third-order valence-corrected chi connectivity index (χ3v) is 4.61. The quantitative estimate of drug-likeness (QED) is 0.848. The maximum atomic E-state index is 12.3. The zero-order valence-corrected chi connectivity index (χ0v) is 13.5. The molecule has 2 amide bonds. The molecular formula is C18H24N2O3. The number of anilines is 1. The molecule has 2 aliphatic carbocycles. The van der Waals surface area contributed by atoms with Crippen molar-refractivity contribution in [1.82, 2.24) is 5.32 Å². The fourth-order valence-corrected chi connectivity index (χ4v) is 3.23. The topological polar surface area (TPSA) is 67.4 Å². The maximum Gasteiger partial charge on any atom is 0.228 e. The van der Waals surface area contributed by atoms with Crippen LogP contribution in [0.5, 0.6) is 5.75 Å². The molecule has 2 aliphatic rings. The summed E-state index contributed by atoms with van der Waals surface area (Å²) >= 11 is 0. The highest BCUT2D eigenvalue weighted by Crippen LogP contribution is 2.40. The van der Waals surface area contributed by atoms with Crippen LogP contribution in [0.25, 0.3) is 0 Å². The van der Waals surface area contributed by atoms with Gasteiger partial charge in [0.25, 0.3) is 0 Å². The van der Waals surface area contributed by atoms with E-state index < -0.39 is 0 Å². The molecular weight excluding hydrogens is 292 g/mol. The van der Waals surface area contributed by atoms with E-state index >= 15 is 0 Å². The number of para-hydroxylation sites is 2. The van der Waals surface area contributed by atoms with Gasteiger partial charge in [0.2, 0.25) is 11.8 Å². The van der Waals surface area contributed by atoms with Gasteiger partial charge in [-0.1, -0.05) is 25.0 Å². The van der Waals surface area contributed by atoms with Crippen LogP contribution in [0.15, 0.2) is 24.3 Å². The average Bonchev–Trinajstić information content (AvgIpc) is 3.20. The number of rotatable bonds is 6. The van der Waals surface area contributed by atoms with E-state index in [0.717, 1.165) is 12.8 Å². The first-order chi connectivity index (χ1) is 11.2. The first kappa shape index (κ1) is 15.8. The number of ether oxygens (including phenoxy) is 1. The van der Waals surface area contributed by atoms with Gasteiger partial charge in [0.15, 0.2) is 0 Å². The second kappa shape index (κ2) is 7.02. The van der Waals surface area contributed by atoms with E-state index in [0.29, 0.717) is 30.5 Å². The van der Waals surface area contributed by atoms with Gasteiger partial charge in [0, 0.05) is 6.04 Å². The molecule has 2 fully saturated rings. The Balaban J connectivity index is 1.53. The van der Waals surface area contributed by atoms with Gasteiger partial charge < -0.3 is 15.4 Å². The van der Waals surface area contributed by atoms with Crippen LogP contribution in [0.4, 0.5) is 5.69 Å². The Bertz CT molecular complexity index is 581. The number of carbonyl (C=O) groups excluding carboxylic acids is 2. The van der Waals surface area contributed by atoms with E-state index in [-0.39, 0.29) is 23.7 Å². The van der Waals surface area contributed by atoms with Crippen LogP contribution in [0.1, 0.15) is 39.0 Å². The highest BCUT2D eigenvalue weighted by molar-refractivity contribution is 6.00. The number of benzene rings is 1. The smallest absolute Gasteiger partial charge is 0.228 e. The number of amides is 2. The van der Waals surface area contributed by atoms with Crippen LogP contribution in [0.2, 0.25) is 0 Å². The summed E-state index contributed by atoms with van der Waals surface area (Å²) in [6.45, 7) is 2.45. The molecule has 0 spiro atoms. The first-order valence-corrected chi connectivity index (χ1v) is 8.52. The van der Waals surface area contributed by atoms with E-state index in [4.69, 9.17) is 4.74 Å². The van der Waals surface area contributed by atoms with Crippen LogP contribution >= 0.6 is 0 Å². The fourth-order valence-electron chi connectivity index (χ4n) is 3.23. The predicted molar refractivity (Wildman–Crippen MR) is 88.2 cm³/mol. The Morgan fingerprint density at radius 3 is 2.57 bits per heavy atom. The molecule has 0 radical (unpaired) electrons. The summed E-state index contributed by atoms with van der Waals surface area (Å²) in [6.07, 6.45) is 5.15. The molecule has 2 N–H and O–H groups in total. The van der Waals surface area contributed by atoms with Crippen molar-refractivity contribution in [2.45, 2.75) is 45.1 Å². The molecule has 0 bridgehead atoms. The summed E-state index contributed by atoms with van der Waals surface area (Å²) in [6, 6.07) is 7.69. The Morgan fingerprint density at radius 1 is 1.13 bits per heavy atom. The van der Waals surface area contributed by atoms with Crippen LogP contribution in [0.3, 0.4) is 0 Å². The van der Waals surface area contributed by atoms with Crippen molar-refractivity contribution in [3.63, 3.8) is 0 Å². The zero-order chi connectivity index (χ0) is 16.2. The van der Waals surface area contributed by atoms with E-state index in [1.54, 1.807) is 0 Å². The van der Waals surface area contributed by atoms with Crippen LogP contribution in [-0.2, 0) is 9.59 Å². The van der Waals surface area contributed by atoms with Crippen molar-refractivity contribution in [1.29, 1.82) is 0 Å². The molecule has 0 aliphatic heterocycles. The molecule has 5 nitrogen and oxygen atoms in total. The van der Waals surface area contributed by atoms with Gasteiger partial charge in [0.05, 0.1) is 24.1 Å². The summed E-state index contributed by atoms with van der Waals surface area (Å²) in [4.78, 5) is 24.5. The van der Waals surface area contributed by atoms with Gasteiger partial charge in [0.1, 0.15) is 5.75 Å². The first-order valence-electron chi connectivity index (χ1n) is 8.52. The lowest BCUT2D eigenvalue weighted by atomic mass is 10.2. The molecule has 1 aromatic rings. The normalized spacial score (nSPS) is 23.3. The molecule has 3 rings (SSSR count). The largest absolute Gasteiger partial charge is 0.492 e. The minimum absolute atomic E-state index is 0.0372. The number of carbonyl (C=O) groups is 2. The number of hydrogen-bond acceptors (Lipinski definition) is 3. The van der Waals surface area contributed by atoms with Gasteiger partial charge in [-0.25, -0.2) is 0 Å². The second-order valence-corrected chi connectivity index (χ2v) is 6.36. The molecule has 124 valence electrons. The lowest BCUT2D eigenvalue weighted by Gasteiger charge is -2.12. The summed E-state index contributed by atoms with van der Waals surface area (Å²) in [5, 5.41) is 5.97. The van der Waals surface area contributed by atoms with E-state index in [1.165, 1.54) is 12.8 Å². The molecule has 0 saturated heterocycles. The monoisotopic (exact) mass is 316 g/mol. The van der Waals surface area contributed by atoms with Gasteiger partial charge in [-0.05, 0) is 38.3 Å². The van der Waals surface area contributed by atoms with Gasteiger partial charge >= 0.3 is 0 Å². The summed E-state index contributed by atoms with van der Waals surface area (Å²) in [5.74, 6) is 0.218. The Labute approximate surface area is 136 Å². The Hall–Kier alpha value is -2.04. The van der Waals surface area contributed by atoms with Crippen molar-refractivity contribution >= 4 is 17.5 Å². The Kier molecular flexibility index (Phi) is 4.84. The van der Waals surface area contributed by atoms with Crippen molar-refractivity contribution in [3.8, 4) is 5.75 Å². The van der Waals surface area contributed by atoms with Crippen LogP contribution < -0.4 is 15.4 Å². The second-order valence-electron chi connectivity index (χ2n) is 6.36. The predicted octanol–water partition coefficient (Wildman–Crippen LogP) is 2.72. The van der Waals surface area contributed by atoms with E-state index in [2.05, 4.69) is 10.6 Å². The summed E-state index contributed by atoms with van der Waals surface area (Å²) in [5.41, 5.74) is 0.668. The molecule has 2 saturated carbocycles. The third-order valence-electron chi connectivity index (χ3n) is 4.61.